The molecule has 10 heavy (non-hydrogen) atoms. The van der Waals surface area contributed by atoms with Gasteiger partial charge in [0.25, 0.3) is 0 Å². The van der Waals surface area contributed by atoms with E-state index >= 15 is 0 Å². The van der Waals surface area contributed by atoms with Crippen molar-refractivity contribution in [1.82, 2.24) is 0 Å². The maximum Gasteiger partial charge on any atom is 0.128 e. The smallest absolute Gasteiger partial charge is 0.0620 e. The van der Waals surface area contributed by atoms with Gasteiger partial charge in [-0.3, -0.25) is 0 Å². The Morgan fingerprint density at radius 2 is 1.80 bits per heavy atom. The van der Waals surface area contributed by atoms with Gasteiger partial charge >= 0.3 is 0 Å². The quantitative estimate of drug-likeness (QED) is 0.568. The van der Waals surface area contributed by atoms with E-state index in [1.807, 2.05) is 0 Å². The van der Waals surface area contributed by atoms with Crippen LogP contribution in [0.3, 0.4) is 0 Å². The standard InChI is InChI=1S/C9H12S/c1-2-8-5-3-4-6-9(8)7-10/h3-6,10H,2,7H2,1H3/p+1. The fraction of sp³-hybridized carbons (Fsp3) is 0.333. The highest BCUT2D eigenvalue weighted by Gasteiger charge is 1.97. The summed E-state index contributed by atoms with van der Waals surface area (Å²) < 4.78 is 0. The van der Waals surface area contributed by atoms with E-state index in [0.29, 0.717) is 0 Å². The first-order chi connectivity index (χ1) is 4.88. The molecular formula is C9H13S+. The van der Waals surface area contributed by atoms with Gasteiger partial charge in [-0.15, -0.1) is 0 Å². The number of hydrogen-bond acceptors (Lipinski definition) is 0. The lowest BCUT2D eigenvalue weighted by Gasteiger charge is -1.99. The van der Waals surface area contributed by atoms with Crippen molar-refractivity contribution < 1.29 is 0 Å². The largest absolute Gasteiger partial charge is 0.128 e. The van der Waals surface area contributed by atoms with Gasteiger partial charge in [-0.2, -0.15) is 0 Å². The summed E-state index contributed by atoms with van der Waals surface area (Å²) in [5, 5.41) is 0. The lowest BCUT2D eigenvalue weighted by atomic mass is 10.1. The second-order valence-corrected chi connectivity index (χ2v) is 2.65. The molecule has 0 spiro atoms. The van der Waals surface area contributed by atoms with Gasteiger partial charge in [-0.25, -0.2) is 0 Å². The van der Waals surface area contributed by atoms with E-state index in [1.165, 1.54) is 11.1 Å². The van der Waals surface area contributed by atoms with Crippen LogP contribution in [0.1, 0.15) is 18.1 Å². The Balaban J connectivity index is 2.96. The molecule has 0 radical (unpaired) electrons. The predicted molar refractivity (Wildman–Crippen MR) is 49.7 cm³/mol. The molecule has 0 bridgehead atoms. The van der Waals surface area contributed by atoms with E-state index in [4.69, 9.17) is 0 Å². The third-order valence-corrected chi connectivity index (χ3v) is 2.07. The van der Waals surface area contributed by atoms with Gasteiger partial charge in [-0.05, 0) is 24.6 Å². The average molecular weight is 153 g/mol. The zero-order valence-corrected chi connectivity index (χ0v) is 7.22. The predicted octanol–water partition coefficient (Wildman–Crippen LogP) is 1.76. The van der Waals surface area contributed by atoms with Crippen LogP contribution in [-0.4, -0.2) is 0 Å². The summed E-state index contributed by atoms with van der Waals surface area (Å²) in [5.41, 5.74) is 2.85. The van der Waals surface area contributed by atoms with E-state index in [0.717, 1.165) is 12.2 Å². The molecule has 1 heteroatoms. The molecule has 1 aromatic carbocycles. The summed E-state index contributed by atoms with van der Waals surface area (Å²) in [5.74, 6) is 0.962. The van der Waals surface area contributed by atoms with Crippen molar-refractivity contribution in [1.29, 1.82) is 0 Å². The third-order valence-electron chi connectivity index (χ3n) is 1.69. The molecule has 0 N–H and O–H groups in total. The van der Waals surface area contributed by atoms with E-state index < -0.39 is 0 Å². The molecule has 0 aromatic heterocycles. The maximum atomic E-state index is 3.50. The average Bonchev–Trinajstić information content (AvgIpc) is 2.04. The summed E-state index contributed by atoms with van der Waals surface area (Å²) >= 11 is 3.50. The summed E-state index contributed by atoms with van der Waals surface area (Å²) in [6, 6.07) is 8.50. The van der Waals surface area contributed by atoms with E-state index in [-0.39, 0.29) is 0 Å². The molecule has 0 unspecified atom stereocenters. The van der Waals surface area contributed by atoms with Gasteiger partial charge in [0.05, 0.1) is 0 Å². The Bertz CT molecular complexity index is 183. The van der Waals surface area contributed by atoms with Gasteiger partial charge in [0, 0.05) is 5.56 Å². The molecule has 0 aliphatic rings. The van der Waals surface area contributed by atoms with Gasteiger partial charge in [0.1, 0.15) is 5.75 Å². The summed E-state index contributed by atoms with van der Waals surface area (Å²) in [6.07, 6.45) is 1.13. The van der Waals surface area contributed by atoms with Crippen molar-refractivity contribution in [3.8, 4) is 0 Å². The maximum absolute atomic E-state index is 3.50. The zero-order valence-electron chi connectivity index (χ0n) is 6.22. The molecule has 0 atom stereocenters. The molecule has 0 saturated heterocycles. The molecule has 1 rings (SSSR count). The second-order valence-electron chi connectivity index (χ2n) is 2.30. The molecule has 0 amide bonds. The minimum Gasteiger partial charge on any atom is -0.0620 e. The highest BCUT2D eigenvalue weighted by molar-refractivity contribution is 7.57. The van der Waals surface area contributed by atoms with Crippen molar-refractivity contribution in [2.24, 2.45) is 0 Å². The van der Waals surface area contributed by atoms with Crippen molar-refractivity contribution in [2.45, 2.75) is 19.1 Å². The molecule has 0 aliphatic heterocycles. The molecule has 0 aliphatic carbocycles. The fourth-order valence-electron chi connectivity index (χ4n) is 1.07. The van der Waals surface area contributed by atoms with Gasteiger partial charge in [-0.1, -0.05) is 31.2 Å². The van der Waals surface area contributed by atoms with Crippen LogP contribution in [0.25, 0.3) is 0 Å². The number of hydrogen-bond donors (Lipinski definition) is 0. The molecule has 0 heterocycles. The van der Waals surface area contributed by atoms with Crippen LogP contribution in [0.5, 0.6) is 0 Å². The minimum atomic E-state index is 0.962. The van der Waals surface area contributed by atoms with Crippen LogP contribution >= 0.6 is 0 Å². The zero-order chi connectivity index (χ0) is 7.40. The Morgan fingerprint density at radius 1 is 1.20 bits per heavy atom. The molecule has 0 saturated carbocycles. The summed E-state index contributed by atoms with van der Waals surface area (Å²) in [7, 11) is 0. The fourth-order valence-corrected chi connectivity index (χ4v) is 1.42. The summed E-state index contributed by atoms with van der Waals surface area (Å²) in [6.45, 7) is 2.18. The van der Waals surface area contributed by atoms with Crippen molar-refractivity contribution in [3.63, 3.8) is 0 Å². The van der Waals surface area contributed by atoms with Crippen LogP contribution < -0.4 is 0 Å². The highest BCUT2D eigenvalue weighted by Crippen LogP contribution is 2.08. The van der Waals surface area contributed by atoms with Gasteiger partial charge in [0.15, 0.2) is 0 Å². The van der Waals surface area contributed by atoms with E-state index in [1.54, 1.807) is 0 Å². The first kappa shape index (κ1) is 7.67. The van der Waals surface area contributed by atoms with Gasteiger partial charge in [0.2, 0.25) is 0 Å². The Kier molecular flexibility index (Phi) is 2.82. The minimum absolute atomic E-state index is 0.962. The van der Waals surface area contributed by atoms with E-state index in [9.17, 15) is 0 Å². The molecule has 0 nitrogen and oxygen atoms in total. The summed E-state index contributed by atoms with van der Waals surface area (Å²) in [4.78, 5) is 0. The SMILES string of the molecule is CCc1ccccc1C[SH2+]. The van der Waals surface area contributed by atoms with Crippen LogP contribution in [0.2, 0.25) is 0 Å². The van der Waals surface area contributed by atoms with Crippen LogP contribution in [0, 0.1) is 0 Å². The van der Waals surface area contributed by atoms with Crippen LogP contribution in [-0.2, 0) is 24.8 Å². The first-order valence-corrected chi connectivity index (χ1v) is 4.30. The molecule has 0 fully saturated rings. The van der Waals surface area contributed by atoms with Crippen LogP contribution in [0.15, 0.2) is 24.3 Å². The molecular weight excluding hydrogens is 140 g/mol. The lowest BCUT2D eigenvalue weighted by molar-refractivity contribution is 1.10. The monoisotopic (exact) mass is 153 g/mol. The number of benzene rings is 1. The molecule has 1 aromatic rings. The molecule has 54 valence electrons. The van der Waals surface area contributed by atoms with E-state index in [2.05, 4.69) is 43.8 Å². The Morgan fingerprint density at radius 3 is 2.20 bits per heavy atom. The topological polar surface area (TPSA) is 0 Å². The number of rotatable bonds is 2. The highest BCUT2D eigenvalue weighted by atomic mass is 32.1. The Labute approximate surface area is 67.7 Å². The first-order valence-electron chi connectivity index (χ1n) is 3.60. The van der Waals surface area contributed by atoms with Crippen LogP contribution in [0.4, 0.5) is 0 Å². The normalized spacial score (nSPS) is 9.80. The van der Waals surface area contributed by atoms with Crippen molar-refractivity contribution in [3.05, 3.63) is 35.4 Å². The van der Waals surface area contributed by atoms with Crippen molar-refractivity contribution in [2.75, 3.05) is 0 Å². The lowest BCUT2D eigenvalue weighted by Crippen LogP contribution is -1.88. The Hall–Kier alpha value is -0.430. The second kappa shape index (κ2) is 3.67. The third kappa shape index (κ3) is 1.54. The van der Waals surface area contributed by atoms with Crippen molar-refractivity contribution >= 4 is 12.6 Å². The van der Waals surface area contributed by atoms with Gasteiger partial charge < -0.3 is 0 Å². The number of aryl methyl sites for hydroxylation is 1.